The van der Waals surface area contributed by atoms with Crippen LogP contribution in [-0.4, -0.2) is 53.5 Å². The summed E-state index contributed by atoms with van der Waals surface area (Å²) in [5, 5.41) is 0. The number of para-hydroxylation sites is 2. The topological polar surface area (TPSA) is 59.1 Å². The average Bonchev–Trinajstić information content (AvgIpc) is 3.21. The lowest BCUT2D eigenvalue weighted by Crippen LogP contribution is -2.48. The summed E-state index contributed by atoms with van der Waals surface area (Å²) in [6.45, 7) is 10.7. The maximum absolute atomic E-state index is 13.3. The molecule has 192 valence electrons. The average molecular weight is 491 g/mol. The Bertz CT molecular complexity index is 1120. The van der Waals surface area contributed by atoms with Gasteiger partial charge in [-0.1, -0.05) is 37.3 Å². The number of likely N-dealkylation sites (tertiary alicyclic amines) is 2. The first-order chi connectivity index (χ1) is 17.3. The van der Waals surface area contributed by atoms with Crippen LogP contribution < -0.4 is 9.47 Å². The van der Waals surface area contributed by atoms with E-state index in [2.05, 4.69) is 36.9 Å². The summed E-state index contributed by atoms with van der Waals surface area (Å²) in [5.41, 5.74) is 3.31. The molecule has 0 bridgehead atoms. The van der Waals surface area contributed by atoms with Gasteiger partial charge in [0.05, 0.1) is 5.56 Å². The van der Waals surface area contributed by atoms with Crippen LogP contribution in [0.3, 0.4) is 0 Å². The molecule has 0 unspecified atom stereocenters. The summed E-state index contributed by atoms with van der Waals surface area (Å²) in [7, 11) is 0. The summed E-state index contributed by atoms with van der Waals surface area (Å²) < 4.78 is 11.7. The van der Waals surface area contributed by atoms with Gasteiger partial charge < -0.3 is 14.4 Å². The van der Waals surface area contributed by atoms with Gasteiger partial charge in [0.2, 0.25) is 0 Å². The molecule has 0 aliphatic carbocycles. The first-order valence-electron chi connectivity index (χ1n) is 13.4. The van der Waals surface area contributed by atoms with Crippen LogP contribution in [0.1, 0.15) is 74.4 Å². The lowest BCUT2D eigenvalue weighted by Gasteiger charge is -2.47. The Kier molecular flexibility index (Phi) is 6.82. The molecule has 6 heteroatoms. The number of ether oxygens (including phenoxy) is 2. The molecule has 0 radical (unpaired) electrons. The minimum Gasteiger partial charge on any atom is -0.487 e. The SMILES string of the molecule is CCC(=O)Oc1ccccc1C(=O)N1CCC2(CCN(Cc3cccc4c3OC(C)(C)C4)CC2)CC1. The highest BCUT2D eigenvalue weighted by Crippen LogP contribution is 2.43. The fraction of sp³-hybridized carbons (Fsp3) is 0.533. The zero-order chi connectivity index (χ0) is 25.3. The van der Waals surface area contributed by atoms with Crippen molar-refractivity contribution in [2.24, 2.45) is 5.41 Å². The van der Waals surface area contributed by atoms with Crippen LogP contribution in [0, 0.1) is 5.41 Å². The molecule has 5 rings (SSSR count). The van der Waals surface area contributed by atoms with Crippen LogP contribution in [0.15, 0.2) is 42.5 Å². The molecule has 2 aromatic rings. The van der Waals surface area contributed by atoms with Gasteiger partial charge in [-0.3, -0.25) is 14.5 Å². The van der Waals surface area contributed by atoms with E-state index in [0.29, 0.717) is 16.7 Å². The fourth-order valence-electron chi connectivity index (χ4n) is 6.01. The number of hydrogen-bond acceptors (Lipinski definition) is 5. The molecule has 2 saturated heterocycles. The summed E-state index contributed by atoms with van der Waals surface area (Å²) in [5.74, 6) is 1.10. The molecule has 3 heterocycles. The number of hydrogen-bond donors (Lipinski definition) is 0. The van der Waals surface area contributed by atoms with Gasteiger partial charge in [-0.05, 0) is 75.7 Å². The van der Waals surface area contributed by atoms with Gasteiger partial charge in [0.15, 0.2) is 0 Å². The van der Waals surface area contributed by atoms with Crippen molar-refractivity contribution >= 4 is 11.9 Å². The van der Waals surface area contributed by atoms with Crippen LogP contribution >= 0.6 is 0 Å². The van der Waals surface area contributed by atoms with Gasteiger partial charge in [-0.2, -0.15) is 0 Å². The van der Waals surface area contributed by atoms with Crippen molar-refractivity contribution in [2.45, 2.75) is 71.4 Å². The van der Waals surface area contributed by atoms with Gasteiger partial charge in [0.25, 0.3) is 5.91 Å². The van der Waals surface area contributed by atoms with Crippen molar-refractivity contribution in [2.75, 3.05) is 26.2 Å². The fourth-order valence-corrected chi connectivity index (χ4v) is 6.01. The highest BCUT2D eigenvalue weighted by Gasteiger charge is 2.39. The van der Waals surface area contributed by atoms with Crippen molar-refractivity contribution in [3.05, 3.63) is 59.2 Å². The second-order valence-electron chi connectivity index (χ2n) is 11.3. The van der Waals surface area contributed by atoms with Crippen LogP contribution in [0.4, 0.5) is 0 Å². The molecule has 0 aromatic heterocycles. The Hall–Kier alpha value is -2.86. The van der Waals surface area contributed by atoms with Gasteiger partial charge in [-0.25, -0.2) is 0 Å². The Balaban J connectivity index is 1.16. The van der Waals surface area contributed by atoms with Gasteiger partial charge in [0.1, 0.15) is 17.1 Å². The van der Waals surface area contributed by atoms with Crippen molar-refractivity contribution in [3.8, 4) is 11.5 Å². The molecule has 2 fully saturated rings. The number of carbonyl (C=O) groups is 2. The number of rotatable bonds is 5. The third kappa shape index (κ3) is 5.15. The Morgan fingerprint density at radius 1 is 0.944 bits per heavy atom. The quantitative estimate of drug-likeness (QED) is 0.424. The zero-order valence-corrected chi connectivity index (χ0v) is 21.8. The molecule has 0 N–H and O–H groups in total. The van der Waals surface area contributed by atoms with Gasteiger partial charge in [-0.15, -0.1) is 0 Å². The normalized spacial score (nSPS) is 20.6. The predicted molar refractivity (Wildman–Crippen MR) is 139 cm³/mol. The van der Waals surface area contributed by atoms with E-state index in [1.807, 2.05) is 11.0 Å². The van der Waals surface area contributed by atoms with Crippen LogP contribution in [-0.2, 0) is 17.8 Å². The number of amides is 1. The Morgan fingerprint density at radius 2 is 1.64 bits per heavy atom. The molecule has 1 amide bonds. The molecular formula is C30H38N2O4. The van der Waals surface area contributed by atoms with Crippen LogP contribution in [0.2, 0.25) is 0 Å². The largest absolute Gasteiger partial charge is 0.487 e. The van der Waals surface area contributed by atoms with E-state index in [0.717, 1.165) is 57.7 Å². The minimum atomic E-state index is -0.324. The Labute approximate surface area is 214 Å². The lowest BCUT2D eigenvalue weighted by molar-refractivity contribution is -0.134. The Morgan fingerprint density at radius 3 is 2.36 bits per heavy atom. The summed E-state index contributed by atoms with van der Waals surface area (Å²) in [6, 6.07) is 13.7. The molecule has 0 atom stereocenters. The molecule has 0 saturated carbocycles. The number of benzene rings is 2. The first-order valence-corrected chi connectivity index (χ1v) is 13.4. The van der Waals surface area contributed by atoms with Gasteiger partial charge in [0, 0.05) is 38.0 Å². The number of esters is 1. The molecule has 3 aliphatic rings. The van der Waals surface area contributed by atoms with Crippen LogP contribution in [0.25, 0.3) is 0 Å². The lowest BCUT2D eigenvalue weighted by atomic mass is 9.71. The van der Waals surface area contributed by atoms with Crippen molar-refractivity contribution < 1.29 is 19.1 Å². The summed E-state index contributed by atoms with van der Waals surface area (Å²) in [4.78, 5) is 29.6. The monoisotopic (exact) mass is 490 g/mol. The second-order valence-corrected chi connectivity index (χ2v) is 11.3. The minimum absolute atomic E-state index is 0.0392. The van der Waals surface area contributed by atoms with E-state index in [1.54, 1.807) is 25.1 Å². The number of fused-ring (bicyclic) bond motifs is 1. The predicted octanol–water partition coefficient (Wildman–Crippen LogP) is 5.23. The number of piperidine rings is 2. The van der Waals surface area contributed by atoms with Crippen molar-refractivity contribution in [1.82, 2.24) is 9.80 Å². The van der Waals surface area contributed by atoms with E-state index in [1.165, 1.54) is 24.0 Å². The third-order valence-electron chi connectivity index (χ3n) is 8.22. The van der Waals surface area contributed by atoms with Crippen molar-refractivity contribution in [3.63, 3.8) is 0 Å². The summed E-state index contributed by atoms with van der Waals surface area (Å²) in [6.07, 6.45) is 5.65. The van der Waals surface area contributed by atoms with E-state index >= 15 is 0 Å². The summed E-state index contributed by atoms with van der Waals surface area (Å²) >= 11 is 0. The smallest absolute Gasteiger partial charge is 0.310 e. The maximum atomic E-state index is 13.3. The zero-order valence-electron chi connectivity index (χ0n) is 21.8. The highest BCUT2D eigenvalue weighted by molar-refractivity contribution is 5.97. The van der Waals surface area contributed by atoms with Crippen molar-refractivity contribution in [1.29, 1.82) is 0 Å². The molecule has 1 spiro atoms. The third-order valence-corrected chi connectivity index (χ3v) is 8.22. The molecular weight excluding hydrogens is 452 g/mol. The molecule has 3 aliphatic heterocycles. The van der Waals surface area contributed by atoms with Gasteiger partial charge >= 0.3 is 5.97 Å². The molecule has 2 aromatic carbocycles. The molecule has 36 heavy (non-hydrogen) atoms. The maximum Gasteiger partial charge on any atom is 0.310 e. The van der Waals surface area contributed by atoms with Crippen LogP contribution in [0.5, 0.6) is 11.5 Å². The molecule has 6 nitrogen and oxygen atoms in total. The first kappa shape index (κ1) is 24.8. The highest BCUT2D eigenvalue weighted by atomic mass is 16.5. The van der Waals surface area contributed by atoms with E-state index in [4.69, 9.17) is 9.47 Å². The number of nitrogens with zero attached hydrogens (tertiary/aromatic N) is 2. The van der Waals surface area contributed by atoms with E-state index < -0.39 is 0 Å². The van der Waals surface area contributed by atoms with E-state index in [-0.39, 0.29) is 23.9 Å². The second kappa shape index (κ2) is 9.89. The number of carbonyl (C=O) groups excluding carboxylic acids is 2. The van der Waals surface area contributed by atoms with E-state index in [9.17, 15) is 9.59 Å². The standard InChI is InChI=1S/C30H38N2O4/c1-4-26(33)35-25-11-6-5-10-24(25)28(34)32-18-14-30(15-19-32)12-16-31(17-13-30)21-23-9-7-8-22-20-29(2,3)36-27(22)23/h5-11H,4,12-21H2,1-3H3.